The summed E-state index contributed by atoms with van der Waals surface area (Å²) in [6.45, 7) is 4.09. The van der Waals surface area contributed by atoms with Crippen molar-refractivity contribution in [1.82, 2.24) is 0 Å². The molecule has 2 heteroatoms. The van der Waals surface area contributed by atoms with E-state index in [4.69, 9.17) is 4.74 Å². The van der Waals surface area contributed by atoms with Gasteiger partial charge in [-0.1, -0.05) is 26.0 Å². The molecule has 0 heterocycles. The van der Waals surface area contributed by atoms with Crippen LogP contribution in [0.5, 0.6) is 5.75 Å². The zero-order valence-electron chi connectivity index (χ0n) is 8.86. The number of ether oxygens (including phenoxy) is 1. The summed E-state index contributed by atoms with van der Waals surface area (Å²) in [7, 11) is 1.63. The summed E-state index contributed by atoms with van der Waals surface area (Å²) in [5.41, 5.74) is 1.05. The van der Waals surface area contributed by atoms with Crippen molar-refractivity contribution in [2.45, 2.75) is 19.8 Å². The third kappa shape index (κ3) is 2.34. The van der Waals surface area contributed by atoms with Crippen LogP contribution < -0.4 is 4.74 Å². The second-order valence-corrected chi connectivity index (χ2v) is 3.68. The Bertz CT molecular complexity index is 288. The Labute approximate surface area is 84.9 Å². The fraction of sp³-hybridized carbons (Fsp3) is 0.417. The van der Waals surface area contributed by atoms with Gasteiger partial charge in [-0.25, -0.2) is 0 Å². The molecule has 0 aliphatic heterocycles. The van der Waals surface area contributed by atoms with Crippen LogP contribution in [0.25, 0.3) is 0 Å². The van der Waals surface area contributed by atoms with Gasteiger partial charge in [0.1, 0.15) is 12.0 Å². The number of hydrogen-bond donors (Lipinski definition) is 0. The summed E-state index contributed by atoms with van der Waals surface area (Å²) in [6, 6.07) is 7.65. The van der Waals surface area contributed by atoms with Crippen molar-refractivity contribution in [3.63, 3.8) is 0 Å². The van der Waals surface area contributed by atoms with Crippen LogP contribution >= 0.6 is 0 Å². The lowest BCUT2D eigenvalue weighted by Gasteiger charge is -2.14. The van der Waals surface area contributed by atoms with Crippen molar-refractivity contribution < 1.29 is 9.53 Å². The number of rotatable bonds is 4. The third-order valence-corrected chi connectivity index (χ3v) is 2.37. The van der Waals surface area contributed by atoms with Crippen molar-refractivity contribution in [3.8, 4) is 5.75 Å². The van der Waals surface area contributed by atoms with E-state index in [0.717, 1.165) is 17.6 Å². The summed E-state index contributed by atoms with van der Waals surface area (Å²) < 4.78 is 5.05. The molecule has 1 rings (SSSR count). The smallest absolute Gasteiger partial charge is 0.127 e. The lowest BCUT2D eigenvalue weighted by Crippen LogP contribution is -2.07. The van der Waals surface area contributed by atoms with Crippen LogP contribution in [0.2, 0.25) is 0 Å². The molecule has 0 aromatic heterocycles. The molecule has 0 N–H and O–H groups in total. The Morgan fingerprint density at radius 3 is 2.14 bits per heavy atom. The first-order valence-electron chi connectivity index (χ1n) is 4.78. The van der Waals surface area contributed by atoms with E-state index in [1.165, 1.54) is 0 Å². The first-order valence-corrected chi connectivity index (χ1v) is 4.78. The highest BCUT2D eigenvalue weighted by Gasteiger charge is 2.14. The molecule has 0 saturated carbocycles. The number of benzene rings is 1. The number of hydrogen-bond acceptors (Lipinski definition) is 2. The third-order valence-electron chi connectivity index (χ3n) is 2.37. The normalized spacial score (nSPS) is 12.6. The average molecular weight is 192 g/mol. The number of aldehydes is 1. The molecule has 0 amide bonds. The molecule has 14 heavy (non-hydrogen) atoms. The van der Waals surface area contributed by atoms with Gasteiger partial charge in [-0.15, -0.1) is 0 Å². The molecule has 1 atom stereocenters. The summed E-state index contributed by atoms with van der Waals surface area (Å²) in [5, 5.41) is 0. The van der Waals surface area contributed by atoms with Crippen molar-refractivity contribution in [3.05, 3.63) is 29.8 Å². The largest absolute Gasteiger partial charge is 0.497 e. The van der Waals surface area contributed by atoms with Crippen LogP contribution in [0.1, 0.15) is 25.3 Å². The Hall–Kier alpha value is -1.31. The van der Waals surface area contributed by atoms with Crippen LogP contribution in [0.3, 0.4) is 0 Å². The molecule has 0 radical (unpaired) electrons. The first kappa shape index (κ1) is 10.8. The molecule has 0 bridgehead atoms. The van der Waals surface area contributed by atoms with E-state index in [2.05, 4.69) is 0 Å². The van der Waals surface area contributed by atoms with E-state index in [1.807, 2.05) is 38.1 Å². The van der Waals surface area contributed by atoms with Gasteiger partial charge in [0.2, 0.25) is 0 Å². The van der Waals surface area contributed by atoms with Gasteiger partial charge >= 0.3 is 0 Å². The molecule has 1 unspecified atom stereocenters. The van der Waals surface area contributed by atoms with Crippen molar-refractivity contribution in [2.24, 2.45) is 5.92 Å². The monoisotopic (exact) mass is 192 g/mol. The molecule has 0 spiro atoms. The fourth-order valence-electron chi connectivity index (χ4n) is 1.45. The summed E-state index contributed by atoms with van der Waals surface area (Å²) in [4.78, 5) is 10.9. The SMILES string of the molecule is COc1ccc(C(C=O)C(C)C)cc1. The van der Waals surface area contributed by atoms with E-state index in [-0.39, 0.29) is 5.92 Å². The number of methoxy groups -OCH3 is 1. The minimum Gasteiger partial charge on any atom is -0.497 e. The minimum absolute atomic E-state index is 0.0130. The molecule has 0 aliphatic carbocycles. The molecule has 2 nitrogen and oxygen atoms in total. The van der Waals surface area contributed by atoms with Crippen molar-refractivity contribution >= 4 is 6.29 Å². The highest BCUT2D eigenvalue weighted by molar-refractivity contribution is 5.62. The highest BCUT2D eigenvalue weighted by Crippen LogP contribution is 2.23. The van der Waals surface area contributed by atoms with E-state index in [1.54, 1.807) is 7.11 Å². The maximum absolute atomic E-state index is 10.9. The Morgan fingerprint density at radius 1 is 1.21 bits per heavy atom. The Balaban J connectivity index is 2.89. The maximum Gasteiger partial charge on any atom is 0.127 e. The van der Waals surface area contributed by atoms with Crippen molar-refractivity contribution in [1.29, 1.82) is 0 Å². The zero-order valence-corrected chi connectivity index (χ0v) is 8.86. The van der Waals surface area contributed by atoms with Crippen molar-refractivity contribution in [2.75, 3.05) is 7.11 Å². The van der Waals surface area contributed by atoms with Gasteiger partial charge in [0.15, 0.2) is 0 Å². The van der Waals surface area contributed by atoms with Gasteiger partial charge in [-0.05, 0) is 23.6 Å². The van der Waals surface area contributed by atoms with Gasteiger partial charge < -0.3 is 9.53 Å². The van der Waals surface area contributed by atoms with E-state index in [9.17, 15) is 4.79 Å². The van der Waals surface area contributed by atoms with Crippen LogP contribution in [-0.4, -0.2) is 13.4 Å². The summed E-state index contributed by atoms with van der Waals surface area (Å²) in [5.74, 6) is 1.14. The predicted molar refractivity (Wildman–Crippen MR) is 56.6 cm³/mol. The second-order valence-electron chi connectivity index (χ2n) is 3.68. The Kier molecular flexibility index (Phi) is 3.69. The molecule has 0 aliphatic rings. The van der Waals surface area contributed by atoms with Gasteiger partial charge in [-0.2, -0.15) is 0 Å². The number of carbonyl (C=O) groups is 1. The lowest BCUT2D eigenvalue weighted by molar-refractivity contribution is -0.109. The quantitative estimate of drug-likeness (QED) is 0.685. The fourth-order valence-corrected chi connectivity index (χ4v) is 1.45. The standard InChI is InChI=1S/C12H16O2/c1-9(2)12(8-13)10-4-6-11(14-3)7-5-10/h4-9,12H,1-3H3. The molecule has 1 aromatic rings. The first-order chi connectivity index (χ1) is 6.69. The molecule has 0 saturated heterocycles. The van der Waals surface area contributed by atoms with E-state index < -0.39 is 0 Å². The summed E-state index contributed by atoms with van der Waals surface area (Å²) >= 11 is 0. The topological polar surface area (TPSA) is 26.3 Å². The van der Waals surface area contributed by atoms with Gasteiger partial charge in [0.05, 0.1) is 7.11 Å². The Morgan fingerprint density at radius 2 is 1.79 bits per heavy atom. The molecule has 76 valence electrons. The average Bonchev–Trinajstić information content (AvgIpc) is 2.19. The molecular formula is C12H16O2. The van der Waals surface area contributed by atoms with E-state index >= 15 is 0 Å². The van der Waals surface area contributed by atoms with E-state index in [0.29, 0.717) is 5.92 Å². The predicted octanol–water partition coefficient (Wildman–Crippen LogP) is 2.63. The number of carbonyl (C=O) groups excluding carboxylic acids is 1. The minimum atomic E-state index is -0.0130. The van der Waals surface area contributed by atoms with Gasteiger partial charge in [-0.3, -0.25) is 0 Å². The van der Waals surface area contributed by atoms with Crippen LogP contribution in [-0.2, 0) is 4.79 Å². The molecular weight excluding hydrogens is 176 g/mol. The molecule has 0 fully saturated rings. The maximum atomic E-state index is 10.9. The zero-order chi connectivity index (χ0) is 10.6. The van der Waals surface area contributed by atoms with Gasteiger partial charge in [0.25, 0.3) is 0 Å². The second kappa shape index (κ2) is 4.80. The van der Waals surface area contributed by atoms with Crippen LogP contribution in [0.4, 0.5) is 0 Å². The summed E-state index contributed by atoms with van der Waals surface area (Å²) in [6.07, 6.45) is 1.01. The van der Waals surface area contributed by atoms with Gasteiger partial charge in [0, 0.05) is 5.92 Å². The highest BCUT2D eigenvalue weighted by atomic mass is 16.5. The lowest BCUT2D eigenvalue weighted by atomic mass is 9.90. The van der Waals surface area contributed by atoms with Crippen LogP contribution in [0.15, 0.2) is 24.3 Å². The van der Waals surface area contributed by atoms with Crippen LogP contribution in [0, 0.1) is 5.92 Å². The molecule has 1 aromatic carbocycles.